The van der Waals surface area contributed by atoms with Crippen LogP contribution < -0.4 is 5.73 Å². The van der Waals surface area contributed by atoms with Gasteiger partial charge in [-0.05, 0) is 12.1 Å². The molecule has 0 amide bonds. The summed E-state index contributed by atoms with van der Waals surface area (Å²) in [6.07, 6.45) is 0. The quantitative estimate of drug-likeness (QED) is 0.703. The fourth-order valence-electron chi connectivity index (χ4n) is 0.997. The zero-order valence-corrected chi connectivity index (χ0v) is 8.31. The first kappa shape index (κ1) is 11.0. The summed E-state index contributed by atoms with van der Waals surface area (Å²) in [7, 11) is 2.45. The summed E-state index contributed by atoms with van der Waals surface area (Å²) < 4.78 is 8.94. The van der Waals surface area contributed by atoms with Crippen molar-refractivity contribution in [1.29, 1.82) is 0 Å². The van der Waals surface area contributed by atoms with Crippen LogP contribution in [0.4, 0.5) is 5.82 Å². The smallest absolute Gasteiger partial charge is 0.356 e. The molecule has 0 atom stereocenters. The molecule has 1 aromatic rings. The molecule has 1 heterocycles. The highest BCUT2D eigenvalue weighted by Gasteiger charge is 2.13. The topological polar surface area (TPSA) is 91.5 Å². The Balaban J connectivity index is 3.16. The first-order valence-corrected chi connectivity index (χ1v) is 4.02. The van der Waals surface area contributed by atoms with Crippen LogP contribution in [0.25, 0.3) is 0 Å². The van der Waals surface area contributed by atoms with Gasteiger partial charge in [-0.25, -0.2) is 14.6 Å². The van der Waals surface area contributed by atoms with Crippen molar-refractivity contribution >= 4 is 17.8 Å². The van der Waals surface area contributed by atoms with E-state index in [9.17, 15) is 9.59 Å². The van der Waals surface area contributed by atoms with E-state index in [0.717, 1.165) is 0 Å². The zero-order valence-electron chi connectivity index (χ0n) is 8.31. The second kappa shape index (κ2) is 4.41. The molecule has 1 rings (SSSR count). The van der Waals surface area contributed by atoms with Gasteiger partial charge in [0.15, 0.2) is 5.69 Å². The fourth-order valence-corrected chi connectivity index (χ4v) is 0.997. The van der Waals surface area contributed by atoms with Crippen LogP contribution in [-0.2, 0) is 9.47 Å². The van der Waals surface area contributed by atoms with Gasteiger partial charge in [0, 0.05) is 0 Å². The van der Waals surface area contributed by atoms with Gasteiger partial charge in [-0.2, -0.15) is 0 Å². The molecule has 0 bridgehead atoms. The number of methoxy groups -OCH3 is 2. The molecule has 0 saturated heterocycles. The molecule has 80 valence electrons. The van der Waals surface area contributed by atoms with E-state index in [1.54, 1.807) is 0 Å². The molecule has 0 fully saturated rings. The lowest BCUT2D eigenvalue weighted by Crippen LogP contribution is -2.10. The molecule has 6 heteroatoms. The van der Waals surface area contributed by atoms with Crippen LogP contribution in [0.2, 0.25) is 0 Å². The highest BCUT2D eigenvalue weighted by Crippen LogP contribution is 2.09. The van der Waals surface area contributed by atoms with Gasteiger partial charge in [0.05, 0.1) is 19.8 Å². The first-order chi connectivity index (χ1) is 7.08. The van der Waals surface area contributed by atoms with E-state index in [-0.39, 0.29) is 17.1 Å². The summed E-state index contributed by atoms with van der Waals surface area (Å²) in [5.41, 5.74) is 5.55. The van der Waals surface area contributed by atoms with Gasteiger partial charge in [0.25, 0.3) is 0 Å². The van der Waals surface area contributed by atoms with Gasteiger partial charge in [0.2, 0.25) is 0 Å². The number of anilines is 1. The van der Waals surface area contributed by atoms with Gasteiger partial charge in [-0.1, -0.05) is 0 Å². The Morgan fingerprint density at radius 3 is 2.33 bits per heavy atom. The summed E-state index contributed by atoms with van der Waals surface area (Å²) in [5, 5.41) is 0. The lowest BCUT2D eigenvalue weighted by atomic mass is 10.2. The van der Waals surface area contributed by atoms with Crippen LogP contribution in [0.3, 0.4) is 0 Å². The number of esters is 2. The van der Waals surface area contributed by atoms with E-state index in [1.165, 1.54) is 26.4 Å². The molecule has 0 aromatic carbocycles. The largest absolute Gasteiger partial charge is 0.465 e. The summed E-state index contributed by atoms with van der Waals surface area (Å²) >= 11 is 0. The number of hydrogen-bond acceptors (Lipinski definition) is 6. The highest BCUT2D eigenvalue weighted by molar-refractivity contribution is 5.94. The van der Waals surface area contributed by atoms with Crippen molar-refractivity contribution in [2.75, 3.05) is 20.0 Å². The third kappa shape index (κ3) is 2.43. The number of aromatic nitrogens is 1. The molecule has 0 aliphatic carbocycles. The van der Waals surface area contributed by atoms with E-state index < -0.39 is 11.9 Å². The lowest BCUT2D eigenvalue weighted by Gasteiger charge is -2.03. The predicted molar refractivity (Wildman–Crippen MR) is 51.3 cm³/mol. The zero-order chi connectivity index (χ0) is 11.4. The molecule has 15 heavy (non-hydrogen) atoms. The van der Waals surface area contributed by atoms with Crippen molar-refractivity contribution in [3.8, 4) is 0 Å². The van der Waals surface area contributed by atoms with E-state index in [4.69, 9.17) is 5.73 Å². The Hall–Kier alpha value is -2.11. The number of nitrogens with zero attached hydrogens (tertiary/aromatic N) is 1. The van der Waals surface area contributed by atoms with Crippen LogP contribution in [0, 0.1) is 0 Å². The van der Waals surface area contributed by atoms with Crippen molar-refractivity contribution in [2.24, 2.45) is 0 Å². The average molecular weight is 210 g/mol. The standard InChI is InChI=1S/C9H10N2O4/c1-14-8(12)5-3-6(9(13)15-2)11-7(10)4-5/h3-4H,1-2H3,(H2,10,11). The average Bonchev–Trinajstić information content (AvgIpc) is 2.26. The Bertz CT molecular complexity index is 369. The van der Waals surface area contributed by atoms with Crippen molar-refractivity contribution in [3.63, 3.8) is 0 Å². The lowest BCUT2D eigenvalue weighted by molar-refractivity contribution is 0.0593. The van der Waals surface area contributed by atoms with Crippen molar-refractivity contribution in [1.82, 2.24) is 4.98 Å². The van der Waals surface area contributed by atoms with Gasteiger partial charge in [-0.3, -0.25) is 0 Å². The summed E-state index contributed by atoms with van der Waals surface area (Å²) in [5.74, 6) is -1.19. The molecular formula is C9H10N2O4. The van der Waals surface area contributed by atoms with E-state index in [2.05, 4.69) is 14.5 Å². The number of hydrogen-bond donors (Lipinski definition) is 1. The van der Waals surface area contributed by atoms with Crippen LogP contribution in [0.1, 0.15) is 20.8 Å². The minimum atomic E-state index is -0.660. The molecule has 0 aliphatic heterocycles. The van der Waals surface area contributed by atoms with E-state index >= 15 is 0 Å². The Kier molecular flexibility index (Phi) is 3.22. The summed E-state index contributed by atoms with van der Waals surface area (Å²) in [4.78, 5) is 26.0. The van der Waals surface area contributed by atoms with Gasteiger partial charge in [0.1, 0.15) is 5.82 Å². The molecule has 6 nitrogen and oxygen atoms in total. The first-order valence-electron chi connectivity index (χ1n) is 4.02. The third-order valence-electron chi connectivity index (χ3n) is 1.66. The van der Waals surface area contributed by atoms with Crippen molar-refractivity contribution < 1.29 is 19.1 Å². The Morgan fingerprint density at radius 2 is 1.80 bits per heavy atom. The number of rotatable bonds is 2. The monoisotopic (exact) mass is 210 g/mol. The number of nitrogen functional groups attached to an aromatic ring is 1. The van der Waals surface area contributed by atoms with Crippen LogP contribution in [-0.4, -0.2) is 31.1 Å². The third-order valence-corrected chi connectivity index (χ3v) is 1.66. The molecule has 0 saturated carbocycles. The van der Waals surface area contributed by atoms with E-state index in [1.807, 2.05) is 0 Å². The van der Waals surface area contributed by atoms with Crippen LogP contribution in [0.15, 0.2) is 12.1 Å². The molecule has 0 spiro atoms. The normalized spacial score (nSPS) is 9.47. The van der Waals surface area contributed by atoms with Gasteiger partial charge in [-0.15, -0.1) is 0 Å². The van der Waals surface area contributed by atoms with Gasteiger partial charge < -0.3 is 15.2 Å². The van der Waals surface area contributed by atoms with E-state index in [0.29, 0.717) is 0 Å². The molecule has 0 unspecified atom stereocenters. The molecule has 0 radical (unpaired) electrons. The maximum absolute atomic E-state index is 11.2. The number of carbonyl (C=O) groups is 2. The summed E-state index contributed by atoms with van der Waals surface area (Å²) in [6, 6.07) is 2.58. The van der Waals surface area contributed by atoms with Crippen LogP contribution >= 0.6 is 0 Å². The highest BCUT2D eigenvalue weighted by atomic mass is 16.5. The van der Waals surface area contributed by atoms with Crippen molar-refractivity contribution in [2.45, 2.75) is 0 Å². The van der Waals surface area contributed by atoms with Crippen LogP contribution in [0.5, 0.6) is 0 Å². The molecule has 1 aromatic heterocycles. The minimum absolute atomic E-state index is 0.0297. The number of carbonyl (C=O) groups excluding carboxylic acids is 2. The molecule has 2 N–H and O–H groups in total. The van der Waals surface area contributed by atoms with Gasteiger partial charge >= 0.3 is 11.9 Å². The number of ether oxygens (including phenoxy) is 2. The fraction of sp³-hybridized carbons (Fsp3) is 0.222. The second-order valence-corrected chi connectivity index (χ2v) is 2.65. The molecular weight excluding hydrogens is 200 g/mol. The maximum atomic E-state index is 11.2. The second-order valence-electron chi connectivity index (χ2n) is 2.65. The molecule has 0 aliphatic rings. The predicted octanol–water partition coefficient (Wildman–Crippen LogP) is 0.237. The Labute approximate surface area is 86.0 Å². The minimum Gasteiger partial charge on any atom is -0.465 e. The SMILES string of the molecule is COC(=O)c1cc(N)nc(C(=O)OC)c1. The number of pyridine rings is 1. The van der Waals surface area contributed by atoms with Crippen molar-refractivity contribution in [3.05, 3.63) is 23.4 Å². The summed E-state index contributed by atoms with van der Waals surface area (Å²) in [6.45, 7) is 0. The maximum Gasteiger partial charge on any atom is 0.356 e. The Morgan fingerprint density at radius 1 is 1.20 bits per heavy atom. The number of nitrogens with two attached hydrogens (primary N) is 1.